The molecule has 1 N–H and O–H groups in total. The van der Waals surface area contributed by atoms with E-state index >= 15 is 0 Å². The molecule has 0 saturated carbocycles. The summed E-state index contributed by atoms with van der Waals surface area (Å²) in [4.78, 5) is 0. The van der Waals surface area contributed by atoms with Gasteiger partial charge in [0.15, 0.2) is 0 Å². The Balaban J connectivity index is 0.00000121. The SMILES string of the molecule is C=C/C=C(\C=C/C)C(Br)=C1CCNCC1.CC. The van der Waals surface area contributed by atoms with Crippen molar-refractivity contribution in [2.45, 2.75) is 33.6 Å². The third-order valence-electron chi connectivity index (χ3n) is 2.41. The zero-order valence-electron chi connectivity index (χ0n) is 11.2. The van der Waals surface area contributed by atoms with Gasteiger partial charge in [0.25, 0.3) is 0 Å². The van der Waals surface area contributed by atoms with Gasteiger partial charge in [0.05, 0.1) is 0 Å². The summed E-state index contributed by atoms with van der Waals surface area (Å²) < 4.78 is 1.24. The molecule has 0 radical (unpaired) electrons. The Kier molecular flexibility index (Phi) is 10.2. The van der Waals surface area contributed by atoms with Crippen molar-refractivity contribution in [2.75, 3.05) is 13.1 Å². The van der Waals surface area contributed by atoms with Crippen molar-refractivity contribution >= 4 is 15.9 Å². The van der Waals surface area contributed by atoms with E-state index in [0.717, 1.165) is 25.9 Å². The van der Waals surface area contributed by atoms with Crippen LogP contribution >= 0.6 is 15.9 Å². The van der Waals surface area contributed by atoms with E-state index in [1.54, 1.807) is 0 Å². The normalized spacial score (nSPS) is 16.5. The molecule has 0 atom stereocenters. The summed E-state index contributed by atoms with van der Waals surface area (Å²) in [7, 11) is 0. The smallest absolute Gasteiger partial charge is 0.0240 e. The Hall–Kier alpha value is -0.600. The third-order valence-corrected chi connectivity index (χ3v) is 3.43. The Morgan fingerprint density at radius 1 is 1.29 bits per heavy atom. The van der Waals surface area contributed by atoms with Crippen molar-refractivity contribution in [3.8, 4) is 0 Å². The van der Waals surface area contributed by atoms with Crippen LogP contribution in [-0.4, -0.2) is 13.1 Å². The van der Waals surface area contributed by atoms with Crippen LogP contribution in [0, 0.1) is 0 Å². The maximum Gasteiger partial charge on any atom is 0.0240 e. The zero-order valence-corrected chi connectivity index (χ0v) is 12.8. The van der Waals surface area contributed by atoms with Gasteiger partial charge in [0.1, 0.15) is 0 Å². The fraction of sp³-hybridized carbons (Fsp3) is 0.467. The maximum absolute atomic E-state index is 3.74. The summed E-state index contributed by atoms with van der Waals surface area (Å²) in [5.41, 5.74) is 2.71. The second kappa shape index (κ2) is 10.5. The zero-order chi connectivity index (χ0) is 13.1. The predicted octanol–water partition coefficient (Wildman–Crippen LogP) is 4.73. The van der Waals surface area contributed by atoms with E-state index in [0.29, 0.717) is 0 Å². The van der Waals surface area contributed by atoms with Crippen LogP contribution in [0.4, 0.5) is 0 Å². The van der Waals surface area contributed by atoms with Crippen LogP contribution in [0.3, 0.4) is 0 Å². The molecule has 1 saturated heterocycles. The van der Waals surface area contributed by atoms with Gasteiger partial charge in [-0.15, -0.1) is 0 Å². The van der Waals surface area contributed by atoms with Gasteiger partial charge in [0, 0.05) is 4.48 Å². The Morgan fingerprint density at radius 2 is 1.88 bits per heavy atom. The van der Waals surface area contributed by atoms with Gasteiger partial charge in [0.2, 0.25) is 0 Å². The molecular weight excluding hydrogens is 274 g/mol. The molecule has 17 heavy (non-hydrogen) atoms. The van der Waals surface area contributed by atoms with Crippen molar-refractivity contribution in [1.82, 2.24) is 5.32 Å². The minimum atomic E-state index is 1.08. The minimum absolute atomic E-state index is 1.08. The maximum atomic E-state index is 3.74. The molecule has 1 aliphatic heterocycles. The van der Waals surface area contributed by atoms with E-state index in [2.05, 4.69) is 40.0 Å². The Morgan fingerprint density at radius 3 is 2.35 bits per heavy atom. The summed E-state index contributed by atoms with van der Waals surface area (Å²) in [6.45, 7) is 11.9. The minimum Gasteiger partial charge on any atom is -0.316 e. The lowest BCUT2D eigenvalue weighted by Crippen LogP contribution is -2.23. The van der Waals surface area contributed by atoms with Crippen LogP contribution in [0.25, 0.3) is 0 Å². The molecule has 1 rings (SSSR count). The molecule has 0 aromatic carbocycles. The summed E-state index contributed by atoms with van der Waals surface area (Å²) in [5.74, 6) is 0. The van der Waals surface area contributed by atoms with Crippen molar-refractivity contribution < 1.29 is 0 Å². The molecule has 0 spiro atoms. The van der Waals surface area contributed by atoms with Crippen LogP contribution in [0.1, 0.15) is 33.6 Å². The molecule has 0 bridgehead atoms. The van der Waals surface area contributed by atoms with Gasteiger partial charge in [-0.25, -0.2) is 0 Å². The third kappa shape index (κ3) is 6.04. The largest absolute Gasteiger partial charge is 0.316 e. The molecule has 1 fully saturated rings. The highest BCUT2D eigenvalue weighted by Gasteiger charge is 2.10. The monoisotopic (exact) mass is 297 g/mol. The lowest BCUT2D eigenvalue weighted by molar-refractivity contribution is 0.609. The van der Waals surface area contributed by atoms with Gasteiger partial charge in [-0.2, -0.15) is 0 Å². The first-order chi connectivity index (χ1) is 8.29. The lowest BCUT2D eigenvalue weighted by atomic mass is 10.0. The van der Waals surface area contributed by atoms with E-state index < -0.39 is 0 Å². The first-order valence-electron chi connectivity index (χ1n) is 6.33. The Labute approximate surface area is 115 Å². The van der Waals surface area contributed by atoms with Crippen molar-refractivity contribution in [3.63, 3.8) is 0 Å². The summed E-state index contributed by atoms with van der Waals surface area (Å²) in [6.07, 6.45) is 10.3. The van der Waals surface area contributed by atoms with Crippen molar-refractivity contribution in [3.05, 3.63) is 46.5 Å². The van der Waals surface area contributed by atoms with Crippen LogP contribution in [0.5, 0.6) is 0 Å². The average molecular weight is 298 g/mol. The van der Waals surface area contributed by atoms with Crippen molar-refractivity contribution in [1.29, 1.82) is 0 Å². The highest BCUT2D eigenvalue weighted by Crippen LogP contribution is 2.27. The number of halogens is 1. The predicted molar refractivity (Wildman–Crippen MR) is 82.5 cm³/mol. The molecule has 0 aromatic rings. The number of hydrogen-bond acceptors (Lipinski definition) is 1. The summed E-state index contributed by atoms with van der Waals surface area (Å²) >= 11 is 3.69. The van der Waals surface area contributed by atoms with Gasteiger partial charge >= 0.3 is 0 Å². The highest BCUT2D eigenvalue weighted by atomic mass is 79.9. The molecule has 1 aliphatic rings. The highest BCUT2D eigenvalue weighted by molar-refractivity contribution is 9.12. The number of nitrogens with one attached hydrogen (secondary N) is 1. The van der Waals surface area contributed by atoms with Crippen molar-refractivity contribution in [2.24, 2.45) is 0 Å². The van der Waals surface area contributed by atoms with Gasteiger partial charge in [-0.3, -0.25) is 0 Å². The number of hydrogen-bond donors (Lipinski definition) is 1. The molecule has 1 nitrogen and oxygen atoms in total. The van der Waals surface area contributed by atoms with Gasteiger partial charge in [-0.05, 0) is 38.4 Å². The van der Waals surface area contributed by atoms with E-state index in [9.17, 15) is 0 Å². The molecule has 0 aromatic heterocycles. The summed E-state index contributed by atoms with van der Waals surface area (Å²) in [5, 5.41) is 3.36. The van der Waals surface area contributed by atoms with Crippen LogP contribution < -0.4 is 5.32 Å². The van der Waals surface area contributed by atoms with E-state index in [1.165, 1.54) is 15.6 Å². The van der Waals surface area contributed by atoms with Gasteiger partial charge < -0.3 is 5.32 Å². The number of allylic oxidation sites excluding steroid dienone is 6. The quantitative estimate of drug-likeness (QED) is 0.742. The molecule has 96 valence electrons. The van der Waals surface area contributed by atoms with Crippen LogP contribution in [0.15, 0.2) is 46.5 Å². The lowest BCUT2D eigenvalue weighted by Gasteiger charge is -2.17. The topological polar surface area (TPSA) is 12.0 Å². The molecule has 0 amide bonds. The standard InChI is InChI=1S/C13H18BrN.C2H6/c1-3-5-11(6-4-2)13(14)12-7-9-15-10-8-12;1-2/h3-6,15H,1,7-10H2,2H3;1-2H3/b6-4-,11-5+;. The molecule has 0 unspecified atom stereocenters. The van der Waals surface area contributed by atoms with Gasteiger partial charge in [-0.1, -0.05) is 66.2 Å². The molecule has 1 heterocycles. The first kappa shape index (κ1) is 16.4. The first-order valence-corrected chi connectivity index (χ1v) is 7.13. The van der Waals surface area contributed by atoms with Crippen LogP contribution in [-0.2, 0) is 0 Å². The molecule has 0 aliphatic carbocycles. The average Bonchev–Trinajstić information content (AvgIpc) is 2.41. The fourth-order valence-corrected chi connectivity index (χ4v) is 2.32. The van der Waals surface area contributed by atoms with Crippen LogP contribution in [0.2, 0.25) is 0 Å². The Bertz CT molecular complexity index is 303. The second-order valence-electron chi connectivity index (χ2n) is 3.53. The number of piperidine rings is 1. The number of rotatable bonds is 3. The van der Waals surface area contributed by atoms with E-state index in [-0.39, 0.29) is 0 Å². The molecular formula is C15H24BrN. The second-order valence-corrected chi connectivity index (χ2v) is 4.32. The molecule has 2 heteroatoms. The van der Waals surface area contributed by atoms with E-state index in [4.69, 9.17) is 0 Å². The summed E-state index contributed by atoms with van der Waals surface area (Å²) in [6, 6.07) is 0. The fourth-order valence-electron chi connectivity index (χ4n) is 1.66. The van der Waals surface area contributed by atoms with E-state index in [1.807, 2.05) is 32.9 Å².